The van der Waals surface area contributed by atoms with Crippen LogP contribution in [-0.2, 0) is 4.79 Å². The fourth-order valence-electron chi connectivity index (χ4n) is 1.46. The highest BCUT2D eigenvalue weighted by molar-refractivity contribution is 5.81. The second kappa shape index (κ2) is 8.12. The molecular weight excluding hydrogens is 202 g/mol. The summed E-state index contributed by atoms with van der Waals surface area (Å²) >= 11 is 0. The van der Waals surface area contributed by atoms with Crippen LogP contribution in [0, 0.1) is 17.2 Å². The van der Waals surface area contributed by atoms with Crippen molar-refractivity contribution < 1.29 is 4.79 Å². The van der Waals surface area contributed by atoms with E-state index in [2.05, 4.69) is 6.07 Å². The van der Waals surface area contributed by atoms with Crippen molar-refractivity contribution in [1.29, 1.82) is 5.26 Å². The Bertz CT molecular complexity index is 245. The highest BCUT2D eigenvalue weighted by atomic mass is 16.2. The molecule has 16 heavy (non-hydrogen) atoms. The van der Waals surface area contributed by atoms with E-state index in [-0.39, 0.29) is 5.91 Å². The fourth-order valence-corrected chi connectivity index (χ4v) is 1.46. The van der Waals surface area contributed by atoms with Crippen LogP contribution in [0.25, 0.3) is 0 Å². The van der Waals surface area contributed by atoms with Gasteiger partial charge in [-0.25, -0.2) is 0 Å². The van der Waals surface area contributed by atoms with E-state index in [4.69, 9.17) is 5.26 Å². The number of hydrogen-bond acceptors (Lipinski definition) is 3. The van der Waals surface area contributed by atoms with Crippen LogP contribution < -0.4 is 0 Å². The lowest BCUT2D eigenvalue weighted by Gasteiger charge is -2.25. The Labute approximate surface area is 98.8 Å². The molecule has 0 N–H and O–H groups in total. The normalized spacial score (nSPS) is 12.2. The first-order valence-corrected chi connectivity index (χ1v) is 5.89. The van der Waals surface area contributed by atoms with Crippen molar-refractivity contribution in [2.24, 2.45) is 5.92 Å². The zero-order valence-electron chi connectivity index (χ0n) is 10.9. The predicted molar refractivity (Wildman–Crippen MR) is 64.8 cm³/mol. The van der Waals surface area contributed by atoms with Gasteiger partial charge < -0.3 is 9.80 Å². The first-order valence-electron chi connectivity index (χ1n) is 5.89. The summed E-state index contributed by atoms with van der Waals surface area (Å²) in [4.78, 5) is 15.8. The molecule has 0 saturated carbocycles. The molecule has 0 aliphatic rings. The smallest absolute Gasteiger partial charge is 0.239 e. The summed E-state index contributed by atoms with van der Waals surface area (Å²) in [5.74, 6) is -0.498. The number of nitriles is 1. The zero-order valence-corrected chi connectivity index (χ0v) is 10.9. The van der Waals surface area contributed by atoms with Gasteiger partial charge in [-0.1, -0.05) is 13.8 Å². The number of carbonyl (C=O) groups excluding carboxylic acids is 1. The second-order valence-corrected chi connectivity index (χ2v) is 4.22. The van der Waals surface area contributed by atoms with E-state index < -0.39 is 5.92 Å². The Balaban J connectivity index is 4.39. The molecule has 0 heterocycles. The maximum atomic E-state index is 12.0. The third kappa shape index (κ3) is 5.13. The van der Waals surface area contributed by atoms with Gasteiger partial charge in [0.15, 0.2) is 0 Å². The highest BCUT2D eigenvalue weighted by Gasteiger charge is 2.21. The lowest BCUT2D eigenvalue weighted by Crippen LogP contribution is -2.40. The number of carbonyl (C=O) groups is 1. The van der Waals surface area contributed by atoms with Gasteiger partial charge in [0.05, 0.1) is 6.07 Å². The molecule has 0 saturated heterocycles. The van der Waals surface area contributed by atoms with Crippen molar-refractivity contribution >= 4 is 5.91 Å². The molecule has 1 amide bonds. The van der Waals surface area contributed by atoms with E-state index in [0.717, 1.165) is 19.5 Å². The van der Waals surface area contributed by atoms with Crippen molar-refractivity contribution in [1.82, 2.24) is 9.80 Å². The molecule has 0 bridgehead atoms. The molecule has 0 aliphatic carbocycles. The van der Waals surface area contributed by atoms with Gasteiger partial charge >= 0.3 is 0 Å². The minimum atomic E-state index is -0.478. The number of hydrogen-bond donors (Lipinski definition) is 0. The van der Waals surface area contributed by atoms with Gasteiger partial charge in [-0.05, 0) is 26.9 Å². The Morgan fingerprint density at radius 3 is 2.25 bits per heavy atom. The molecule has 0 spiro atoms. The zero-order chi connectivity index (χ0) is 12.6. The molecule has 0 aromatic heterocycles. The van der Waals surface area contributed by atoms with E-state index in [1.54, 1.807) is 4.90 Å². The average Bonchev–Trinajstić information content (AvgIpc) is 2.25. The number of likely N-dealkylation sites (N-methyl/N-ethyl adjacent to an activating group) is 1. The Morgan fingerprint density at radius 1 is 1.25 bits per heavy atom. The second-order valence-electron chi connectivity index (χ2n) is 4.22. The van der Waals surface area contributed by atoms with E-state index in [1.807, 2.05) is 32.8 Å². The minimum absolute atomic E-state index is 0.0197. The quantitative estimate of drug-likeness (QED) is 0.657. The largest absolute Gasteiger partial charge is 0.340 e. The summed E-state index contributed by atoms with van der Waals surface area (Å²) in [6, 6.07) is 2.07. The third-order valence-corrected chi connectivity index (χ3v) is 2.48. The van der Waals surface area contributed by atoms with Crippen molar-refractivity contribution in [3.05, 3.63) is 0 Å². The molecule has 0 aromatic rings. The summed E-state index contributed by atoms with van der Waals surface area (Å²) in [5, 5.41) is 8.88. The van der Waals surface area contributed by atoms with Gasteiger partial charge in [0, 0.05) is 19.6 Å². The van der Waals surface area contributed by atoms with E-state index in [9.17, 15) is 4.79 Å². The molecule has 1 unspecified atom stereocenters. The van der Waals surface area contributed by atoms with Gasteiger partial charge in [-0.15, -0.1) is 0 Å². The molecule has 1 atom stereocenters. The van der Waals surface area contributed by atoms with Crippen LogP contribution in [0.2, 0.25) is 0 Å². The first kappa shape index (κ1) is 14.9. The highest BCUT2D eigenvalue weighted by Crippen LogP contribution is 2.07. The van der Waals surface area contributed by atoms with Crippen LogP contribution in [0.15, 0.2) is 0 Å². The van der Waals surface area contributed by atoms with Crippen LogP contribution in [0.5, 0.6) is 0 Å². The Hall–Kier alpha value is -1.08. The molecule has 92 valence electrons. The lowest BCUT2D eigenvalue weighted by atomic mass is 10.1. The number of amides is 1. The number of rotatable bonds is 7. The molecule has 4 heteroatoms. The standard InChI is InChI=1S/C12H23N3O/c1-5-7-15(9-8-14(3)4)12(16)11(6-2)10-13/h11H,5-9H2,1-4H3. The van der Waals surface area contributed by atoms with Crippen molar-refractivity contribution in [2.75, 3.05) is 33.7 Å². The maximum Gasteiger partial charge on any atom is 0.239 e. The topological polar surface area (TPSA) is 47.3 Å². The van der Waals surface area contributed by atoms with E-state index >= 15 is 0 Å². The fraction of sp³-hybridized carbons (Fsp3) is 0.833. The van der Waals surface area contributed by atoms with Gasteiger partial charge in [0.25, 0.3) is 0 Å². The third-order valence-electron chi connectivity index (χ3n) is 2.48. The van der Waals surface area contributed by atoms with Crippen LogP contribution >= 0.6 is 0 Å². The van der Waals surface area contributed by atoms with Crippen LogP contribution in [0.3, 0.4) is 0 Å². The van der Waals surface area contributed by atoms with Gasteiger partial charge in [-0.3, -0.25) is 4.79 Å². The molecular formula is C12H23N3O. The van der Waals surface area contributed by atoms with Crippen LogP contribution in [0.1, 0.15) is 26.7 Å². The van der Waals surface area contributed by atoms with Crippen molar-refractivity contribution in [3.63, 3.8) is 0 Å². The van der Waals surface area contributed by atoms with Gasteiger partial charge in [0.2, 0.25) is 5.91 Å². The van der Waals surface area contributed by atoms with Crippen molar-refractivity contribution in [2.45, 2.75) is 26.7 Å². The van der Waals surface area contributed by atoms with Crippen LogP contribution in [-0.4, -0.2) is 49.4 Å². The van der Waals surface area contributed by atoms with Gasteiger partial charge in [0.1, 0.15) is 5.92 Å². The molecule has 0 rings (SSSR count). The lowest BCUT2D eigenvalue weighted by molar-refractivity contribution is -0.134. The SMILES string of the molecule is CCCN(CCN(C)C)C(=O)C(C#N)CC. The minimum Gasteiger partial charge on any atom is -0.340 e. The van der Waals surface area contributed by atoms with Gasteiger partial charge in [-0.2, -0.15) is 5.26 Å². The summed E-state index contributed by atoms with van der Waals surface area (Å²) in [5.41, 5.74) is 0. The maximum absolute atomic E-state index is 12.0. The van der Waals surface area contributed by atoms with Crippen LogP contribution in [0.4, 0.5) is 0 Å². The first-order chi connectivity index (χ1) is 7.56. The molecule has 0 radical (unpaired) electrons. The molecule has 0 aromatic carbocycles. The average molecular weight is 225 g/mol. The van der Waals surface area contributed by atoms with Crippen molar-refractivity contribution in [3.8, 4) is 6.07 Å². The Morgan fingerprint density at radius 2 is 1.88 bits per heavy atom. The molecule has 4 nitrogen and oxygen atoms in total. The predicted octanol–water partition coefficient (Wildman–Crippen LogP) is 1.34. The summed E-state index contributed by atoms with van der Waals surface area (Å²) < 4.78 is 0. The summed E-state index contributed by atoms with van der Waals surface area (Å²) in [7, 11) is 3.96. The molecule has 0 fully saturated rings. The van der Waals surface area contributed by atoms with E-state index in [0.29, 0.717) is 13.0 Å². The monoisotopic (exact) mass is 225 g/mol. The molecule has 0 aliphatic heterocycles. The summed E-state index contributed by atoms with van der Waals surface area (Å²) in [6.45, 7) is 6.21. The summed E-state index contributed by atoms with van der Waals surface area (Å²) in [6.07, 6.45) is 1.53. The number of nitrogens with zero attached hydrogens (tertiary/aromatic N) is 3. The van der Waals surface area contributed by atoms with E-state index in [1.165, 1.54) is 0 Å². The Kier molecular flexibility index (Phi) is 7.57.